The van der Waals surface area contributed by atoms with Crippen LogP contribution in [0.4, 0.5) is 11.4 Å². The van der Waals surface area contributed by atoms with E-state index in [9.17, 15) is 9.59 Å². The molecule has 0 unspecified atom stereocenters. The Morgan fingerprint density at radius 1 is 0.926 bits per heavy atom. The van der Waals surface area contributed by atoms with E-state index in [-0.39, 0.29) is 6.54 Å². The summed E-state index contributed by atoms with van der Waals surface area (Å²) in [7, 11) is 1.60. The van der Waals surface area contributed by atoms with Crippen molar-refractivity contribution in [1.82, 2.24) is 5.32 Å². The summed E-state index contributed by atoms with van der Waals surface area (Å²) in [6.45, 7) is 2.42. The van der Waals surface area contributed by atoms with Crippen molar-refractivity contribution in [2.45, 2.75) is 25.8 Å². The molecule has 1 aliphatic heterocycles. The van der Waals surface area contributed by atoms with Gasteiger partial charge in [-0.2, -0.15) is 0 Å². The summed E-state index contributed by atoms with van der Waals surface area (Å²) in [5, 5.41) is 5.26. The molecular formula is C21H25N3O3. The zero-order valence-electron chi connectivity index (χ0n) is 15.5. The second-order valence-corrected chi connectivity index (χ2v) is 6.58. The van der Waals surface area contributed by atoms with E-state index in [2.05, 4.69) is 15.5 Å². The number of ether oxygens (including phenoxy) is 1. The molecule has 3 rings (SSSR count). The molecule has 2 aromatic rings. The van der Waals surface area contributed by atoms with Gasteiger partial charge in [-0.15, -0.1) is 0 Å². The summed E-state index contributed by atoms with van der Waals surface area (Å²) < 4.78 is 5.09. The normalized spacial score (nSPS) is 13.7. The first-order chi connectivity index (χ1) is 13.2. The van der Waals surface area contributed by atoms with Crippen molar-refractivity contribution >= 4 is 23.2 Å². The number of methoxy groups -OCH3 is 1. The van der Waals surface area contributed by atoms with Gasteiger partial charge in [0.15, 0.2) is 0 Å². The minimum absolute atomic E-state index is 0.282. The van der Waals surface area contributed by atoms with Gasteiger partial charge in [0.2, 0.25) is 0 Å². The standard InChI is InChI=1S/C21H25N3O3/c1-27-19-11-5-16(6-12-19)15-22-20(25)21(26)23-17-7-9-18(10-8-17)24-13-3-2-4-14-24/h5-12H,2-4,13-15H2,1H3,(H,22,25)(H,23,26). The monoisotopic (exact) mass is 367 g/mol. The lowest BCUT2D eigenvalue weighted by atomic mass is 10.1. The second kappa shape index (κ2) is 9.07. The fourth-order valence-corrected chi connectivity index (χ4v) is 3.10. The lowest BCUT2D eigenvalue weighted by molar-refractivity contribution is -0.136. The molecule has 1 fully saturated rings. The summed E-state index contributed by atoms with van der Waals surface area (Å²) in [6.07, 6.45) is 3.72. The van der Waals surface area contributed by atoms with Gasteiger partial charge >= 0.3 is 11.8 Å². The number of hydrogen-bond donors (Lipinski definition) is 2. The molecule has 0 atom stereocenters. The predicted molar refractivity (Wildman–Crippen MR) is 106 cm³/mol. The fourth-order valence-electron chi connectivity index (χ4n) is 3.10. The van der Waals surface area contributed by atoms with E-state index in [1.807, 2.05) is 48.5 Å². The number of carbonyl (C=O) groups excluding carboxylic acids is 2. The van der Waals surface area contributed by atoms with Crippen LogP contribution in [-0.2, 0) is 16.1 Å². The van der Waals surface area contributed by atoms with Crippen LogP contribution in [0, 0.1) is 0 Å². The van der Waals surface area contributed by atoms with Gasteiger partial charge < -0.3 is 20.3 Å². The summed E-state index contributed by atoms with van der Waals surface area (Å²) >= 11 is 0. The number of amides is 2. The maximum Gasteiger partial charge on any atom is 0.313 e. The van der Waals surface area contributed by atoms with Gasteiger partial charge in [0.25, 0.3) is 0 Å². The molecule has 1 aliphatic rings. The highest BCUT2D eigenvalue weighted by atomic mass is 16.5. The first kappa shape index (κ1) is 18.8. The minimum Gasteiger partial charge on any atom is -0.497 e. The third-order valence-corrected chi connectivity index (χ3v) is 4.66. The smallest absolute Gasteiger partial charge is 0.313 e. The molecule has 0 spiro atoms. The molecule has 2 aromatic carbocycles. The van der Waals surface area contributed by atoms with E-state index in [1.165, 1.54) is 19.3 Å². The molecule has 27 heavy (non-hydrogen) atoms. The number of rotatable bonds is 5. The Balaban J connectivity index is 1.49. The molecule has 2 amide bonds. The largest absolute Gasteiger partial charge is 0.497 e. The van der Waals surface area contributed by atoms with Crippen LogP contribution in [0.3, 0.4) is 0 Å². The van der Waals surface area contributed by atoms with E-state index in [0.29, 0.717) is 5.69 Å². The van der Waals surface area contributed by atoms with Gasteiger partial charge in [-0.05, 0) is 61.2 Å². The highest BCUT2D eigenvalue weighted by Crippen LogP contribution is 2.21. The predicted octanol–water partition coefficient (Wildman–Crippen LogP) is 2.94. The first-order valence-corrected chi connectivity index (χ1v) is 9.23. The van der Waals surface area contributed by atoms with Crippen molar-refractivity contribution < 1.29 is 14.3 Å². The average Bonchev–Trinajstić information content (AvgIpc) is 2.73. The highest BCUT2D eigenvalue weighted by molar-refractivity contribution is 6.39. The molecule has 0 aromatic heterocycles. The fraction of sp³-hybridized carbons (Fsp3) is 0.333. The molecule has 2 N–H and O–H groups in total. The number of benzene rings is 2. The molecule has 6 heteroatoms. The van der Waals surface area contributed by atoms with Crippen LogP contribution >= 0.6 is 0 Å². The van der Waals surface area contributed by atoms with Crippen molar-refractivity contribution in [1.29, 1.82) is 0 Å². The van der Waals surface area contributed by atoms with Gasteiger partial charge in [-0.25, -0.2) is 0 Å². The molecular weight excluding hydrogens is 342 g/mol. The maximum atomic E-state index is 12.1. The Labute approximate surface area is 159 Å². The van der Waals surface area contributed by atoms with Gasteiger partial charge in [0, 0.05) is 31.0 Å². The van der Waals surface area contributed by atoms with E-state index >= 15 is 0 Å². The van der Waals surface area contributed by atoms with Crippen LogP contribution in [0.25, 0.3) is 0 Å². The third kappa shape index (κ3) is 5.23. The molecule has 1 heterocycles. The molecule has 142 valence electrons. The van der Waals surface area contributed by atoms with Crippen LogP contribution in [0.5, 0.6) is 5.75 Å². The number of piperidine rings is 1. The zero-order valence-corrected chi connectivity index (χ0v) is 15.5. The van der Waals surface area contributed by atoms with Crippen LogP contribution in [0.1, 0.15) is 24.8 Å². The molecule has 0 bridgehead atoms. The minimum atomic E-state index is -0.672. The molecule has 0 radical (unpaired) electrons. The first-order valence-electron chi connectivity index (χ1n) is 9.23. The summed E-state index contributed by atoms with van der Waals surface area (Å²) in [4.78, 5) is 26.4. The van der Waals surface area contributed by atoms with Crippen molar-refractivity contribution in [3.05, 3.63) is 54.1 Å². The Kier molecular flexibility index (Phi) is 6.30. The van der Waals surface area contributed by atoms with E-state index < -0.39 is 11.8 Å². The van der Waals surface area contributed by atoms with Crippen LogP contribution < -0.4 is 20.3 Å². The SMILES string of the molecule is COc1ccc(CNC(=O)C(=O)Nc2ccc(N3CCCCC3)cc2)cc1. The van der Waals surface area contributed by atoms with Crippen molar-refractivity contribution in [2.24, 2.45) is 0 Å². The summed E-state index contributed by atoms with van der Waals surface area (Å²) in [6, 6.07) is 14.9. The topological polar surface area (TPSA) is 70.7 Å². The zero-order chi connectivity index (χ0) is 19.1. The van der Waals surface area contributed by atoms with E-state index in [1.54, 1.807) is 7.11 Å². The van der Waals surface area contributed by atoms with Crippen molar-refractivity contribution in [3.8, 4) is 5.75 Å². The number of hydrogen-bond acceptors (Lipinski definition) is 4. The highest BCUT2D eigenvalue weighted by Gasteiger charge is 2.14. The number of anilines is 2. The number of nitrogens with one attached hydrogen (secondary N) is 2. The van der Waals surface area contributed by atoms with Crippen LogP contribution in [0.15, 0.2) is 48.5 Å². The third-order valence-electron chi connectivity index (χ3n) is 4.66. The van der Waals surface area contributed by atoms with Crippen LogP contribution in [-0.4, -0.2) is 32.0 Å². The average molecular weight is 367 g/mol. The van der Waals surface area contributed by atoms with Crippen molar-refractivity contribution in [3.63, 3.8) is 0 Å². The quantitative estimate of drug-likeness (QED) is 0.797. The van der Waals surface area contributed by atoms with Gasteiger partial charge in [0.1, 0.15) is 5.75 Å². The lowest BCUT2D eigenvalue weighted by Crippen LogP contribution is -2.35. The van der Waals surface area contributed by atoms with E-state index in [4.69, 9.17) is 4.74 Å². The second-order valence-electron chi connectivity index (χ2n) is 6.58. The maximum absolute atomic E-state index is 12.1. The Hall–Kier alpha value is -3.02. The Bertz CT molecular complexity index is 766. The molecule has 0 saturated carbocycles. The lowest BCUT2D eigenvalue weighted by Gasteiger charge is -2.28. The summed E-state index contributed by atoms with van der Waals surface area (Å²) in [5.41, 5.74) is 2.65. The Morgan fingerprint density at radius 2 is 1.59 bits per heavy atom. The van der Waals surface area contributed by atoms with Crippen LogP contribution in [0.2, 0.25) is 0 Å². The van der Waals surface area contributed by atoms with Gasteiger partial charge in [0.05, 0.1) is 7.11 Å². The molecule has 1 saturated heterocycles. The van der Waals surface area contributed by atoms with E-state index in [0.717, 1.165) is 30.1 Å². The molecule has 6 nitrogen and oxygen atoms in total. The van der Waals surface area contributed by atoms with Gasteiger partial charge in [-0.3, -0.25) is 9.59 Å². The van der Waals surface area contributed by atoms with Gasteiger partial charge in [-0.1, -0.05) is 12.1 Å². The summed E-state index contributed by atoms with van der Waals surface area (Å²) in [5.74, 6) is -0.587. The van der Waals surface area contributed by atoms with Crippen molar-refractivity contribution in [2.75, 3.05) is 30.4 Å². The number of carbonyl (C=O) groups is 2. The Morgan fingerprint density at radius 3 is 2.22 bits per heavy atom. The molecule has 0 aliphatic carbocycles. The number of nitrogens with zero attached hydrogens (tertiary/aromatic N) is 1.